The third-order valence-electron chi connectivity index (χ3n) is 2.54. The highest BCUT2D eigenvalue weighted by Gasteiger charge is 2.30. The van der Waals surface area contributed by atoms with Crippen molar-refractivity contribution in [2.24, 2.45) is 0 Å². The summed E-state index contributed by atoms with van der Waals surface area (Å²) >= 11 is 2.64. The summed E-state index contributed by atoms with van der Waals surface area (Å²) in [5.74, 6) is -0.628. The Labute approximate surface area is 107 Å². The first kappa shape index (κ1) is 12.3. The van der Waals surface area contributed by atoms with Crippen molar-refractivity contribution in [1.82, 2.24) is 0 Å². The summed E-state index contributed by atoms with van der Waals surface area (Å²) in [5, 5.41) is 9.71. The Bertz CT molecular complexity index is 547. The van der Waals surface area contributed by atoms with Gasteiger partial charge in [0.25, 0.3) is 0 Å². The molecule has 3 nitrogen and oxygen atoms in total. The number of phenols is 1. The monoisotopic (exact) mass is 266 g/mol. The Balaban J connectivity index is 2.74. The van der Waals surface area contributed by atoms with Gasteiger partial charge in [-0.2, -0.15) is 0 Å². The van der Waals surface area contributed by atoms with Crippen LogP contribution in [0.4, 0.5) is 0 Å². The molecule has 0 fully saturated rings. The zero-order valence-electron chi connectivity index (χ0n) is 9.31. The number of Topliss-reactive ketones (excluding diaryl/α,β-unsaturated/α-hetero) is 1. The number of carbonyl (C=O) groups excluding carboxylic acids is 2. The van der Waals surface area contributed by atoms with E-state index in [2.05, 4.69) is 0 Å². The van der Waals surface area contributed by atoms with Crippen LogP contribution in [-0.2, 0) is 0 Å². The van der Waals surface area contributed by atoms with Crippen LogP contribution in [-0.4, -0.2) is 29.2 Å². The zero-order chi connectivity index (χ0) is 12.6. The maximum absolute atomic E-state index is 12.2. The molecule has 0 aliphatic heterocycles. The predicted octanol–water partition coefficient (Wildman–Crippen LogP) is 2.74. The molecule has 0 bridgehead atoms. The normalized spacial score (nSPS) is 14.6. The summed E-state index contributed by atoms with van der Waals surface area (Å²) < 4.78 is 0. The Hall–Kier alpha value is -1.20. The molecule has 0 heterocycles. The summed E-state index contributed by atoms with van der Waals surface area (Å²) in [6, 6.07) is 3.11. The molecule has 0 radical (unpaired) electrons. The van der Waals surface area contributed by atoms with Gasteiger partial charge in [-0.15, -0.1) is 23.5 Å². The minimum atomic E-state index is -0.308. The molecule has 0 saturated carbocycles. The number of carbonyl (C=O) groups is 2. The number of thioether (sulfide) groups is 2. The second-order valence-corrected chi connectivity index (χ2v) is 5.14. The van der Waals surface area contributed by atoms with Gasteiger partial charge >= 0.3 is 0 Å². The van der Waals surface area contributed by atoms with E-state index in [1.165, 1.54) is 35.7 Å². The molecule has 1 aliphatic carbocycles. The number of fused-ring (bicyclic) bond motifs is 1. The van der Waals surface area contributed by atoms with Crippen molar-refractivity contribution in [3.8, 4) is 5.75 Å². The lowest BCUT2D eigenvalue weighted by atomic mass is 9.93. The molecule has 0 atom stereocenters. The molecule has 1 N–H and O–H groups in total. The summed E-state index contributed by atoms with van der Waals surface area (Å²) in [6.07, 6.45) is 4.88. The summed E-state index contributed by atoms with van der Waals surface area (Å²) in [7, 11) is 0. The van der Waals surface area contributed by atoms with Gasteiger partial charge in [0.15, 0.2) is 5.78 Å². The smallest absolute Gasteiger partial charge is 0.201 e. The predicted molar refractivity (Wildman–Crippen MR) is 70.1 cm³/mol. The van der Waals surface area contributed by atoms with Crippen LogP contribution in [0.1, 0.15) is 20.7 Å². The number of rotatable bonds is 2. The van der Waals surface area contributed by atoms with Crippen molar-refractivity contribution < 1.29 is 14.7 Å². The third kappa shape index (κ3) is 1.89. The van der Waals surface area contributed by atoms with E-state index in [4.69, 9.17) is 0 Å². The lowest BCUT2D eigenvalue weighted by Crippen LogP contribution is -2.16. The van der Waals surface area contributed by atoms with Crippen molar-refractivity contribution in [1.29, 1.82) is 0 Å². The molecule has 5 heteroatoms. The first-order valence-electron chi connectivity index (χ1n) is 4.84. The Morgan fingerprint density at radius 2 is 1.76 bits per heavy atom. The van der Waals surface area contributed by atoms with Crippen molar-refractivity contribution in [2.75, 3.05) is 12.5 Å². The molecule has 0 aromatic heterocycles. The number of ketones is 2. The van der Waals surface area contributed by atoms with Gasteiger partial charge in [0.1, 0.15) is 5.75 Å². The number of hydrogen-bond donors (Lipinski definition) is 1. The van der Waals surface area contributed by atoms with Crippen LogP contribution >= 0.6 is 23.5 Å². The number of allylic oxidation sites excluding steroid dienone is 2. The van der Waals surface area contributed by atoms with Gasteiger partial charge < -0.3 is 5.11 Å². The van der Waals surface area contributed by atoms with Gasteiger partial charge in [0.2, 0.25) is 5.78 Å². The van der Waals surface area contributed by atoms with Gasteiger partial charge in [-0.3, -0.25) is 9.59 Å². The zero-order valence-corrected chi connectivity index (χ0v) is 10.9. The maximum Gasteiger partial charge on any atom is 0.201 e. The lowest BCUT2D eigenvalue weighted by Gasteiger charge is -2.17. The maximum atomic E-state index is 12.2. The van der Waals surface area contributed by atoms with Crippen molar-refractivity contribution >= 4 is 35.1 Å². The molecule has 0 spiro atoms. The molecule has 0 saturated heterocycles. The average Bonchev–Trinajstić information content (AvgIpc) is 2.33. The number of aromatic hydroxyl groups is 1. The average molecular weight is 266 g/mol. The molecule has 88 valence electrons. The fourth-order valence-electron chi connectivity index (χ4n) is 1.75. The first-order chi connectivity index (χ1) is 8.10. The minimum absolute atomic E-state index is 0.125. The largest absolute Gasteiger partial charge is 0.507 e. The highest BCUT2D eigenvalue weighted by Crippen LogP contribution is 2.37. The second-order valence-electron chi connectivity index (χ2n) is 3.44. The molecule has 0 amide bonds. The quantitative estimate of drug-likeness (QED) is 0.834. The van der Waals surface area contributed by atoms with Gasteiger partial charge in [-0.1, -0.05) is 0 Å². The molecular formula is C12H10O3S2. The topological polar surface area (TPSA) is 54.4 Å². The van der Waals surface area contributed by atoms with E-state index in [9.17, 15) is 14.7 Å². The van der Waals surface area contributed by atoms with Gasteiger partial charge in [-0.05, 0) is 24.6 Å². The first-order valence-corrected chi connectivity index (χ1v) is 7.29. The van der Waals surface area contributed by atoms with Gasteiger partial charge in [0.05, 0.1) is 16.0 Å². The molecular weight excluding hydrogens is 256 g/mol. The van der Waals surface area contributed by atoms with E-state index >= 15 is 0 Å². The fraction of sp³-hybridized carbons (Fsp3) is 0.167. The van der Waals surface area contributed by atoms with Crippen molar-refractivity contribution in [3.63, 3.8) is 0 Å². The lowest BCUT2D eigenvalue weighted by molar-refractivity contribution is 0.0986. The molecule has 1 aromatic carbocycles. The molecule has 17 heavy (non-hydrogen) atoms. The van der Waals surface area contributed by atoms with Gasteiger partial charge in [-0.25, -0.2) is 0 Å². The summed E-state index contributed by atoms with van der Waals surface area (Å²) in [6.45, 7) is 0. The highest BCUT2D eigenvalue weighted by atomic mass is 32.2. The summed E-state index contributed by atoms with van der Waals surface area (Å²) in [4.78, 5) is 25.2. The molecule has 0 unspecified atom stereocenters. The molecule has 2 rings (SSSR count). The van der Waals surface area contributed by atoms with Crippen LogP contribution in [0, 0.1) is 0 Å². The summed E-state index contributed by atoms with van der Waals surface area (Å²) in [5.41, 5.74) is 0.453. The molecule has 1 aromatic rings. The number of benzene rings is 1. The van der Waals surface area contributed by atoms with E-state index < -0.39 is 0 Å². The van der Waals surface area contributed by atoms with E-state index in [0.717, 1.165) is 4.90 Å². The van der Waals surface area contributed by atoms with Crippen LogP contribution in [0.3, 0.4) is 0 Å². The van der Waals surface area contributed by atoms with E-state index in [0.29, 0.717) is 10.5 Å². The fourth-order valence-corrected chi connectivity index (χ4v) is 2.86. The van der Waals surface area contributed by atoms with Crippen molar-refractivity contribution in [2.45, 2.75) is 4.90 Å². The SMILES string of the molecule is CSC1=CC(=O)c2c(O)ccc(SC)c2C1=O. The minimum Gasteiger partial charge on any atom is -0.507 e. The Morgan fingerprint density at radius 3 is 2.35 bits per heavy atom. The van der Waals surface area contributed by atoms with Crippen LogP contribution in [0.5, 0.6) is 5.75 Å². The van der Waals surface area contributed by atoms with Crippen LogP contribution in [0.2, 0.25) is 0 Å². The van der Waals surface area contributed by atoms with E-state index in [-0.39, 0.29) is 22.9 Å². The standard InChI is InChI=1S/C12H10O3S2/c1-16-8-4-3-6(13)10-7(14)5-9(17-2)12(15)11(8)10/h3-5,13H,1-2H3. The second kappa shape index (κ2) is 4.58. The highest BCUT2D eigenvalue weighted by molar-refractivity contribution is 8.03. The van der Waals surface area contributed by atoms with E-state index in [1.54, 1.807) is 12.3 Å². The Kier molecular flexibility index (Phi) is 3.31. The third-order valence-corrected chi connectivity index (χ3v) is 4.07. The van der Waals surface area contributed by atoms with Crippen LogP contribution < -0.4 is 0 Å². The number of hydrogen-bond acceptors (Lipinski definition) is 5. The number of phenolic OH excluding ortho intramolecular Hbond substituents is 1. The van der Waals surface area contributed by atoms with Crippen molar-refractivity contribution in [3.05, 3.63) is 34.2 Å². The van der Waals surface area contributed by atoms with Crippen LogP contribution in [0.25, 0.3) is 0 Å². The Morgan fingerprint density at radius 1 is 1.06 bits per heavy atom. The van der Waals surface area contributed by atoms with Crippen LogP contribution in [0.15, 0.2) is 28.0 Å². The van der Waals surface area contributed by atoms with E-state index in [1.807, 2.05) is 6.26 Å². The molecule has 1 aliphatic rings. The van der Waals surface area contributed by atoms with Gasteiger partial charge in [0, 0.05) is 11.0 Å².